The Hall–Kier alpha value is -8.40. The molecule has 10 aromatic carbocycles. The minimum Gasteiger partial charge on any atom is -0.310 e. The molecule has 3 heteroatoms. The fourth-order valence-electron chi connectivity index (χ4n) is 10.3. The van der Waals surface area contributed by atoms with E-state index in [0.29, 0.717) is 0 Å². The van der Waals surface area contributed by atoms with E-state index < -0.39 is 0 Å². The van der Waals surface area contributed by atoms with Crippen LogP contribution in [0.5, 0.6) is 0 Å². The van der Waals surface area contributed by atoms with Crippen LogP contribution in [0.3, 0.4) is 0 Å². The van der Waals surface area contributed by atoms with Gasteiger partial charge in [-0.15, -0.1) is 0 Å². The van der Waals surface area contributed by atoms with E-state index in [2.05, 4.69) is 277 Å². The molecule has 0 N–H and O–H groups in total. The third kappa shape index (κ3) is 6.67. The summed E-state index contributed by atoms with van der Waals surface area (Å²) < 4.78 is 2.38. The van der Waals surface area contributed by atoms with Crippen molar-refractivity contribution in [2.24, 2.45) is 0 Å². The van der Waals surface area contributed by atoms with Gasteiger partial charge in [-0.3, -0.25) is 0 Å². The molecule has 0 radical (unpaired) electrons. The number of para-hydroxylation sites is 4. The van der Waals surface area contributed by atoms with Gasteiger partial charge in [-0.25, -0.2) is 0 Å². The maximum atomic E-state index is 2.44. The molecule has 66 heavy (non-hydrogen) atoms. The summed E-state index contributed by atoms with van der Waals surface area (Å²) in [7, 11) is 0. The van der Waals surface area contributed by atoms with Crippen molar-refractivity contribution in [1.82, 2.24) is 4.57 Å². The van der Waals surface area contributed by atoms with E-state index >= 15 is 0 Å². The van der Waals surface area contributed by atoms with Crippen LogP contribution in [-0.2, 0) is 5.41 Å². The lowest BCUT2D eigenvalue weighted by Gasteiger charge is -2.42. The molecule has 314 valence electrons. The van der Waals surface area contributed by atoms with Crippen molar-refractivity contribution in [1.29, 1.82) is 0 Å². The highest BCUT2D eigenvalue weighted by Gasteiger charge is 2.37. The zero-order valence-corrected chi connectivity index (χ0v) is 37.0. The molecule has 1 aliphatic rings. The van der Waals surface area contributed by atoms with Gasteiger partial charge >= 0.3 is 0 Å². The van der Waals surface area contributed by atoms with Gasteiger partial charge in [0.15, 0.2) is 0 Å². The first-order valence-electron chi connectivity index (χ1n) is 22.8. The number of hydrogen-bond acceptors (Lipinski definition) is 2. The Kier molecular flexibility index (Phi) is 9.50. The van der Waals surface area contributed by atoms with Gasteiger partial charge in [0.05, 0.1) is 22.4 Å². The van der Waals surface area contributed by atoms with E-state index in [1.165, 1.54) is 66.6 Å². The summed E-state index contributed by atoms with van der Waals surface area (Å²) in [4.78, 5) is 4.84. The van der Waals surface area contributed by atoms with Crippen molar-refractivity contribution >= 4 is 55.9 Å². The van der Waals surface area contributed by atoms with Crippen LogP contribution in [0.2, 0.25) is 0 Å². The number of aromatic nitrogens is 1. The van der Waals surface area contributed by atoms with Crippen LogP contribution in [-0.4, -0.2) is 4.57 Å². The summed E-state index contributed by atoms with van der Waals surface area (Å²) in [5.41, 5.74) is 19.9. The quantitative estimate of drug-likeness (QED) is 0.151. The smallest absolute Gasteiger partial charge is 0.0541 e. The Bertz CT molecular complexity index is 3550. The molecular formula is C63H47N3. The van der Waals surface area contributed by atoms with E-state index in [1.54, 1.807) is 0 Å². The maximum Gasteiger partial charge on any atom is 0.0541 e. The van der Waals surface area contributed by atoms with E-state index in [0.717, 1.165) is 39.6 Å². The van der Waals surface area contributed by atoms with Crippen LogP contribution < -0.4 is 9.80 Å². The number of nitrogens with zero attached hydrogens (tertiary/aromatic N) is 3. The monoisotopic (exact) mass is 845 g/mol. The van der Waals surface area contributed by atoms with Crippen LogP contribution in [0.25, 0.3) is 60.9 Å². The molecule has 11 aromatic rings. The fraction of sp³-hybridized carbons (Fsp3) is 0.0476. The Balaban J connectivity index is 0.981. The van der Waals surface area contributed by atoms with Gasteiger partial charge in [0.1, 0.15) is 0 Å². The molecule has 0 fully saturated rings. The van der Waals surface area contributed by atoms with Crippen molar-refractivity contribution in [3.05, 3.63) is 260 Å². The summed E-state index contributed by atoms with van der Waals surface area (Å²) in [5.74, 6) is 0. The van der Waals surface area contributed by atoms with Gasteiger partial charge < -0.3 is 14.4 Å². The first kappa shape index (κ1) is 39.2. The van der Waals surface area contributed by atoms with E-state index in [-0.39, 0.29) is 5.41 Å². The summed E-state index contributed by atoms with van der Waals surface area (Å²) in [5, 5.41) is 2.48. The normalized spacial score (nSPS) is 12.8. The molecule has 0 spiro atoms. The molecule has 0 amide bonds. The standard InChI is InChI=1S/C63H47N3/c1-63(2)57-29-13-15-31-61(57)66(51-24-10-5-11-25-51)62-43-49(34-38-58(62)63)47-21-17-27-54(41-47)64(52-36-32-45(33-37-52)44-18-6-3-7-19-44)53-26-16-20-46(40-53)48-35-39-60-56(42-48)55-28-12-14-30-59(55)65(60)50-22-8-4-9-23-50/h3-43H,1-2H3. The van der Waals surface area contributed by atoms with Gasteiger partial charge in [-0.05, 0) is 136 Å². The SMILES string of the molecule is CC1(C)c2ccccc2N(c2ccccc2)c2cc(-c3cccc(N(c4ccc(-c5ccccc5)cc4)c4cccc(-c5ccc6c(c5)c5ccccc5n6-c5ccccc5)c4)c3)ccc21. The average Bonchev–Trinajstić information content (AvgIpc) is 3.71. The zero-order valence-electron chi connectivity index (χ0n) is 37.0. The number of rotatable bonds is 8. The minimum atomic E-state index is -0.172. The number of fused-ring (bicyclic) bond motifs is 5. The molecular weight excluding hydrogens is 799 g/mol. The van der Waals surface area contributed by atoms with Gasteiger partial charge in [0.2, 0.25) is 0 Å². The van der Waals surface area contributed by atoms with Crippen LogP contribution in [0.15, 0.2) is 249 Å². The van der Waals surface area contributed by atoms with E-state index in [1.807, 2.05) is 0 Å². The zero-order chi connectivity index (χ0) is 44.2. The molecule has 0 bridgehead atoms. The highest BCUT2D eigenvalue weighted by molar-refractivity contribution is 6.10. The molecule has 0 aliphatic carbocycles. The second-order valence-corrected chi connectivity index (χ2v) is 17.8. The van der Waals surface area contributed by atoms with Crippen LogP contribution in [0.1, 0.15) is 25.0 Å². The van der Waals surface area contributed by atoms with E-state index in [9.17, 15) is 0 Å². The largest absolute Gasteiger partial charge is 0.310 e. The molecule has 1 aliphatic heterocycles. The predicted molar refractivity (Wildman–Crippen MR) is 279 cm³/mol. The first-order chi connectivity index (χ1) is 32.5. The fourth-order valence-corrected chi connectivity index (χ4v) is 10.3. The number of anilines is 6. The molecule has 2 heterocycles. The van der Waals surface area contributed by atoms with Crippen molar-refractivity contribution in [3.63, 3.8) is 0 Å². The van der Waals surface area contributed by atoms with Crippen molar-refractivity contribution in [2.75, 3.05) is 9.80 Å². The molecule has 0 saturated heterocycles. The lowest BCUT2D eigenvalue weighted by molar-refractivity contribution is 0.632. The molecule has 0 unspecified atom stereocenters. The van der Waals surface area contributed by atoms with Crippen molar-refractivity contribution < 1.29 is 0 Å². The summed E-state index contributed by atoms with van der Waals surface area (Å²) >= 11 is 0. The predicted octanol–water partition coefficient (Wildman–Crippen LogP) is 17.4. The van der Waals surface area contributed by atoms with Crippen LogP contribution in [0.4, 0.5) is 34.1 Å². The second kappa shape index (κ2) is 16.0. The molecule has 0 atom stereocenters. The average molecular weight is 846 g/mol. The Morgan fingerprint density at radius 2 is 0.818 bits per heavy atom. The lowest BCUT2D eigenvalue weighted by Crippen LogP contribution is -2.30. The first-order valence-corrected chi connectivity index (χ1v) is 22.8. The number of hydrogen-bond donors (Lipinski definition) is 0. The highest BCUT2D eigenvalue weighted by Crippen LogP contribution is 2.53. The molecule has 1 aromatic heterocycles. The Morgan fingerprint density at radius 1 is 0.318 bits per heavy atom. The van der Waals surface area contributed by atoms with Gasteiger partial charge in [-0.1, -0.05) is 172 Å². The summed E-state index contributed by atoms with van der Waals surface area (Å²) in [6, 6.07) is 90.6. The van der Waals surface area contributed by atoms with Crippen LogP contribution >= 0.6 is 0 Å². The highest BCUT2D eigenvalue weighted by atomic mass is 15.2. The Morgan fingerprint density at radius 3 is 1.53 bits per heavy atom. The Labute approximate surface area is 386 Å². The molecule has 0 saturated carbocycles. The van der Waals surface area contributed by atoms with Crippen LogP contribution in [0, 0.1) is 0 Å². The summed E-state index contributed by atoms with van der Waals surface area (Å²) in [6.45, 7) is 4.70. The van der Waals surface area contributed by atoms with Crippen molar-refractivity contribution in [2.45, 2.75) is 19.3 Å². The summed E-state index contributed by atoms with van der Waals surface area (Å²) in [6.07, 6.45) is 0. The number of benzene rings is 10. The van der Waals surface area contributed by atoms with Gasteiger partial charge in [0.25, 0.3) is 0 Å². The van der Waals surface area contributed by atoms with E-state index in [4.69, 9.17) is 0 Å². The van der Waals surface area contributed by atoms with Gasteiger partial charge in [0, 0.05) is 44.6 Å². The third-order valence-corrected chi connectivity index (χ3v) is 13.5. The minimum absolute atomic E-state index is 0.172. The third-order valence-electron chi connectivity index (χ3n) is 13.5. The second-order valence-electron chi connectivity index (χ2n) is 17.8. The molecule has 3 nitrogen and oxygen atoms in total. The topological polar surface area (TPSA) is 11.4 Å². The van der Waals surface area contributed by atoms with Crippen molar-refractivity contribution in [3.8, 4) is 39.1 Å². The molecule has 12 rings (SSSR count). The lowest BCUT2D eigenvalue weighted by atomic mass is 9.73. The maximum absolute atomic E-state index is 2.44. The van der Waals surface area contributed by atoms with Gasteiger partial charge in [-0.2, -0.15) is 0 Å².